The number of rotatable bonds is 5. The number of carbonyl (C=O) groups excluding carboxylic acids is 1. The molecule has 4 nitrogen and oxygen atoms in total. The maximum absolute atomic E-state index is 12.3. The highest BCUT2D eigenvalue weighted by molar-refractivity contribution is 8.01. The number of aromatic nitrogens is 2. The molecule has 102 valence electrons. The summed E-state index contributed by atoms with van der Waals surface area (Å²) in [5.41, 5.74) is 1.01. The summed E-state index contributed by atoms with van der Waals surface area (Å²) in [4.78, 5) is 22.1. The number of hydrogen-bond donors (Lipinski definition) is 1. The van der Waals surface area contributed by atoms with Crippen molar-refractivity contribution in [3.8, 4) is 0 Å². The lowest BCUT2D eigenvalue weighted by Gasteiger charge is -2.14. The fraction of sp³-hybridized carbons (Fsp3) is 0.385. The van der Waals surface area contributed by atoms with Crippen molar-refractivity contribution in [3.05, 3.63) is 34.7 Å². The van der Waals surface area contributed by atoms with E-state index >= 15 is 0 Å². The zero-order valence-corrected chi connectivity index (χ0v) is 12.9. The zero-order valence-electron chi connectivity index (χ0n) is 11.3. The van der Waals surface area contributed by atoms with E-state index in [1.165, 1.54) is 4.21 Å². The lowest BCUT2D eigenvalue weighted by molar-refractivity contribution is 0.0786. The van der Waals surface area contributed by atoms with E-state index in [-0.39, 0.29) is 5.91 Å². The molecule has 0 saturated heterocycles. The number of hydrogen-bond acceptors (Lipinski definition) is 4. The summed E-state index contributed by atoms with van der Waals surface area (Å²) in [6.45, 7) is 4.56. The summed E-state index contributed by atoms with van der Waals surface area (Å²) in [6, 6.07) is 3.91. The predicted molar refractivity (Wildman–Crippen MR) is 79.8 cm³/mol. The van der Waals surface area contributed by atoms with Gasteiger partial charge in [0.1, 0.15) is 5.82 Å². The highest BCUT2D eigenvalue weighted by Crippen LogP contribution is 2.27. The van der Waals surface area contributed by atoms with Gasteiger partial charge in [-0.3, -0.25) is 4.79 Å². The van der Waals surface area contributed by atoms with E-state index in [1.807, 2.05) is 19.1 Å². The Hall–Kier alpha value is -1.27. The number of thiophene rings is 1. The van der Waals surface area contributed by atoms with Gasteiger partial charge in [-0.15, -0.1) is 23.1 Å². The summed E-state index contributed by atoms with van der Waals surface area (Å²) < 4.78 is 1.19. The summed E-state index contributed by atoms with van der Waals surface area (Å²) in [5.74, 6) is 1.88. The van der Waals surface area contributed by atoms with Gasteiger partial charge in [0.25, 0.3) is 5.91 Å². The lowest BCUT2D eigenvalue weighted by atomic mass is 10.4. The summed E-state index contributed by atoms with van der Waals surface area (Å²) >= 11 is 3.31. The lowest BCUT2D eigenvalue weighted by Crippen LogP contribution is -2.25. The molecule has 0 aliphatic heterocycles. The van der Waals surface area contributed by atoms with Crippen molar-refractivity contribution in [1.29, 1.82) is 0 Å². The van der Waals surface area contributed by atoms with Gasteiger partial charge in [0.2, 0.25) is 0 Å². The van der Waals surface area contributed by atoms with E-state index in [2.05, 4.69) is 16.9 Å². The summed E-state index contributed by atoms with van der Waals surface area (Å²) in [6.07, 6.45) is 1.77. The Labute approximate surface area is 121 Å². The molecule has 0 aromatic carbocycles. The third kappa shape index (κ3) is 3.61. The molecule has 0 fully saturated rings. The van der Waals surface area contributed by atoms with Crippen molar-refractivity contribution in [3.63, 3.8) is 0 Å². The van der Waals surface area contributed by atoms with E-state index in [0.29, 0.717) is 6.54 Å². The second-order valence-electron chi connectivity index (χ2n) is 4.23. The summed E-state index contributed by atoms with van der Waals surface area (Å²) in [7, 11) is 1.80. The number of nitrogens with one attached hydrogen (secondary N) is 1. The topological polar surface area (TPSA) is 49.0 Å². The van der Waals surface area contributed by atoms with Gasteiger partial charge < -0.3 is 9.88 Å². The molecule has 2 aromatic rings. The number of H-pyrrole nitrogens is 1. The molecule has 1 N–H and O–H groups in total. The van der Waals surface area contributed by atoms with E-state index < -0.39 is 0 Å². The highest BCUT2D eigenvalue weighted by Gasteiger charge is 2.15. The fourth-order valence-electron chi connectivity index (χ4n) is 1.69. The average molecular weight is 295 g/mol. The van der Waals surface area contributed by atoms with Crippen LogP contribution < -0.4 is 0 Å². The molecule has 6 heteroatoms. The van der Waals surface area contributed by atoms with Crippen LogP contribution in [0.15, 0.2) is 22.5 Å². The monoisotopic (exact) mass is 295 g/mol. The van der Waals surface area contributed by atoms with Crippen molar-refractivity contribution in [2.75, 3.05) is 12.8 Å². The van der Waals surface area contributed by atoms with Crippen LogP contribution >= 0.6 is 23.1 Å². The quantitative estimate of drug-likeness (QED) is 0.862. The molecule has 0 spiro atoms. The number of aromatic amines is 1. The van der Waals surface area contributed by atoms with Gasteiger partial charge >= 0.3 is 0 Å². The van der Waals surface area contributed by atoms with Gasteiger partial charge in [-0.2, -0.15) is 0 Å². The van der Waals surface area contributed by atoms with Crippen LogP contribution in [-0.2, 0) is 6.54 Å². The van der Waals surface area contributed by atoms with Crippen LogP contribution in [0.5, 0.6) is 0 Å². The molecule has 2 heterocycles. The molecule has 2 rings (SSSR count). The van der Waals surface area contributed by atoms with Crippen LogP contribution in [0.4, 0.5) is 0 Å². The summed E-state index contributed by atoms with van der Waals surface area (Å²) in [5, 5.41) is 0. The van der Waals surface area contributed by atoms with Gasteiger partial charge in [-0.1, -0.05) is 6.92 Å². The molecule has 0 radical (unpaired) electrons. The first kappa shape index (κ1) is 14.1. The minimum absolute atomic E-state index is 0.0435. The number of amides is 1. The maximum Gasteiger partial charge on any atom is 0.264 e. The molecule has 19 heavy (non-hydrogen) atoms. The molecule has 0 atom stereocenters. The molecular formula is C13H17N3OS2. The molecule has 0 bridgehead atoms. The number of carbonyl (C=O) groups is 1. The van der Waals surface area contributed by atoms with Crippen LogP contribution in [0, 0.1) is 6.92 Å². The fourth-order valence-corrected chi connectivity index (χ4v) is 3.73. The van der Waals surface area contributed by atoms with Gasteiger partial charge in [0, 0.05) is 18.9 Å². The van der Waals surface area contributed by atoms with Crippen molar-refractivity contribution in [1.82, 2.24) is 14.9 Å². The molecule has 0 unspecified atom stereocenters. The van der Waals surface area contributed by atoms with Crippen molar-refractivity contribution < 1.29 is 4.79 Å². The molecule has 1 amide bonds. The van der Waals surface area contributed by atoms with E-state index in [9.17, 15) is 4.79 Å². The van der Waals surface area contributed by atoms with Gasteiger partial charge in [-0.25, -0.2) is 4.98 Å². The molecule has 0 saturated carbocycles. The van der Waals surface area contributed by atoms with Crippen molar-refractivity contribution in [2.24, 2.45) is 0 Å². The van der Waals surface area contributed by atoms with Gasteiger partial charge in [0.15, 0.2) is 0 Å². The average Bonchev–Trinajstić information content (AvgIpc) is 2.98. The van der Waals surface area contributed by atoms with Crippen molar-refractivity contribution in [2.45, 2.75) is 24.6 Å². The second kappa shape index (κ2) is 6.25. The first-order valence-electron chi connectivity index (χ1n) is 6.08. The van der Waals surface area contributed by atoms with Crippen LogP contribution in [0.3, 0.4) is 0 Å². The minimum atomic E-state index is 0.0435. The maximum atomic E-state index is 12.3. The smallest absolute Gasteiger partial charge is 0.264 e. The van der Waals surface area contributed by atoms with E-state index in [1.54, 1.807) is 41.2 Å². The van der Waals surface area contributed by atoms with E-state index in [4.69, 9.17) is 0 Å². The Morgan fingerprint density at radius 3 is 2.95 bits per heavy atom. The van der Waals surface area contributed by atoms with Crippen LogP contribution in [0.1, 0.15) is 28.1 Å². The first-order chi connectivity index (χ1) is 9.10. The minimum Gasteiger partial charge on any atom is -0.345 e. The Kier molecular flexibility index (Phi) is 4.66. The molecule has 2 aromatic heterocycles. The predicted octanol–water partition coefficient (Wildman–Crippen LogP) is 3.16. The number of imidazole rings is 1. The van der Waals surface area contributed by atoms with Gasteiger partial charge in [0.05, 0.1) is 15.6 Å². The molecule has 0 aliphatic carbocycles. The Balaban J connectivity index is 2.01. The van der Waals surface area contributed by atoms with E-state index in [0.717, 1.165) is 22.1 Å². The van der Waals surface area contributed by atoms with Crippen LogP contribution in [0.2, 0.25) is 0 Å². The van der Waals surface area contributed by atoms with Crippen molar-refractivity contribution >= 4 is 29.0 Å². The van der Waals surface area contributed by atoms with Crippen LogP contribution in [-0.4, -0.2) is 33.6 Å². The number of aryl methyl sites for hydroxylation is 1. The third-order valence-electron chi connectivity index (χ3n) is 2.57. The standard InChI is InChI=1S/C13H17N3OS2/c1-4-18-12-6-5-10(19-12)13(17)16(3)8-11-14-7-9(2)15-11/h5-7H,4,8H2,1-3H3,(H,14,15). The zero-order chi connectivity index (χ0) is 13.8. The van der Waals surface area contributed by atoms with Gasteiger partial charge in [-0.05, 0) is 24.8 Å². The third-order valence-corrected chi connectivity index (χ3v) is 4.75. The Morgan fingerprint density at radius 2 is 2.32 bits per heavy atom. The largest absolute Gasteiger partial charge is 0.345 e. The number of thioether (sulfide) groups is 1. The second-order valence-corrected chi connectivity index (χ2v) is 6.87. The molecular weight excluding hydrogens is 278 g/mol. The Bertz CT molecular complexity index is 562. The highest BCUT2D eigenvalue weighted by atomic mass is 32.2. The first-order valence-corrected chi connectivity index (χ1v) is 7.89. The SMILES string of the molecule is CCSc1ccc(C(=O)N(C)Cc2ncc(C)[nH]2)s1. The normalized spacial score (nSPS) is 10.7. The Morgan fingerprint density at radius 1 is 1.53 bits per heavy atom. The molecule has 0 aliphatic rings. The van der Waals surface area contributed by atoms with Crippen LogP contribution in [0.25, 0.3) is 0 Å². The number of nitrogens with zero attached hydrogens (tertiary/aromatic N) is 2.